The molecule has 1 aromatic carbocycles. The Hall–Kier alpha value is -1.33. The molecule has 0 radical (unpaired) electrons. The van der Waals surface area contributed by atoms with Crippen molar-refractivity contribution in [2.75, 3.05) is 13.7 Å². The number of aromatic nitrogens is 2. The number of aryl methyl sites for hydroxylation is 3. The molecule has 0 bridgehead atoms. The van der Waals surface area contributed by atoms with E-state index < -0.39 is 0 Å². The maximum Gasteiger partial charge on any atom is 0.131 e. The Balaban J connectivity index is 2.68. The molecule has 2 aromatic rings. The van der Waals surface area contributed by atoms with Crippen molar-refractivity contribution < 1.29 is 4.74 Å². The summed E-state index contributed by atoms with van der Waals surface area (Å²) in [6.45, 7) is 4.72. The van der Waals surface area contributed by atoms with Crippen molar-refractivity contribution in [1.29, 1.82) is 0 Å². The molecule has 0 aliphatic heterocycles. The molecule has 0 aliphatic carbocycles. The first-order chi connectivity index (χ1) is 9.49. The van der Waals surface area contributed by atoms with Crippen LogP contribution >= 0.6 is 15.9 Å². The lowest BCUT2D eigenvalue weighted by molar-refractivity contribution is 0.413. The molecule has 20 heavy (non-hydrogen) atoms. The maximum absolute atomic E-state index is 5.64. The second-order valence-electron chi connectivity index (χ2n) is 4.93. The van der Waals surface area contributed by atoms with Gasteiger partial charge >= 0.3 is 0 Å². The highest BCUT2D eigenvalue weighted by molar-refractivity contribution is 9.10. The summed E-state index contributed by atoms with van der Waals surface area (Å²) in [6, 6.07) is 4.24. The predicted octanol–water partition coefficient (Wildman–Crippen LogP) is 2.98. The largest absolute Gasteiger partial charge is 0.496 e. The van der Waals surface area contributed by atoms with Gasteiger partial charge in [-0.2, -0.15) is 5.10 Å². The highest BCUT2D eigenvalue weighted by Gasteiger charge is 2.19. The van der Waals surface area contributed by atoms with E-state index in [1.165, 1.54) is 5.56 Å². The van der Waals surface area contributed by atoms with Gasteiger partial charge in [0.25, 0.3) is 0 Å². The quantitative estimate of drug-likeness (QED) is 0.932. The second kappa shape index (κ2) is 5.97. The summed E-state index contributed by atoms with van der Waals surface area (Å²) in [4.78, 5) is 0. The fourth-order valence-corrected chi connectivity index (χ4v) is 3.29. The minimum absolute atomic E-state index is 0.582. The van der Waals surface area contributed by atoms with Crippen LogP contribution in [0, 0.1) is 13.8 Å². The van der Waals surface area contributed by atoms with Gasteiger partial charge < -0.3 is 10.5 Å². The maximum atomic E-state index is 5.64. The van der Waals surface area contributed by atoms with Gasteiger partial charge in [0.15, 0.2) is 0 Å². The van der Waals surface area contributed by atoms with E-state index in [9.17, 15) is 0 Å². The lowest BCUT2D eigenvalue weighted by Crippen LogP contribution is -2.04. The minimum atomic E-state index is 0.582. The molecule has 0 saturated carbocycles. The number of ether oxygens (including phenoxy) is 1. The van der Waals surface area contributed by atoms with E-state index in [1.807, 2.05) is 11.7 Å². The topological polar surface area (TPSA) is 53.1 Å². The molecule has 0 unspecified atom stereocenters. The molecule has 0 atom stereocenters. The first-order valence-electron chi connectivity index (χ1n) is 6.56. The van der Waals surface area contributed by atoms with Gasteiger partial charge in [-0.25, -0.2) is 0 Å². The fourth-order valence-electron chi connectivity index (χ4n) is 2.54. The van der Waals surface area contributed by atoms with Crippen molar-refractivity contribution in [2.45, 2.75) is 20.3 Å². The van der Waals surface area contributed by atoms with Gasteiger partial charge in [0.2, 0.25) is 0 Å². The lowest BCUT2D eigenvalue weighted by atomic mass is 10.0. The van der Waals surface area contributed by atoms with Crippen LogP contribution in [-0.4, -0.2) is 23.4 Å². The molecule has 0 fully saturated rings. The summed E-state index contributed by atoms with van der Waals surface area (Å²) >= 11 is 3.66. The second-order valence-corrected chi connectivity index (χ2v) is 5.73. The van der Waals surface area contributed by atoms with Gasteiger partial charge in [-0.05, 0) is 53.5 Å². The monoisotopic (exact) mass is 337 g/mol. The van der Waals surface area contributed by atoms with Crippen LogP contribution in [0.3, 0.4) is 0 Å². The highest BCUT2D eigenvalue weighted by atomic mass is 79.9. The summed E-state index contributed by atoms with van der Waals surface area (Å²) in [5.74, 6) is 0.888. The van der Waals surface area contributed by atoms with Crippen molar-refractivity contribution >= 4 is 15.9 Å². The number of hydrogen-bond acceptors (Lipinski definition) is 3. The number of halogens is 1. The molecule has 0 amide bonds. The predicted molar refractivity (Wildman–Crippen MR) is 85.1 cm³/mol. The molecule has 1 heterocycles. The summed E-state index contributed by atoms with van der Waals surface area (Å²) < 4.78 is 8.45. The van der Waals surface area contributed by atoms with Crippen molar-refractivity contribution in [3.63, 3.8) is 0 Å². The zero-order valence-electron chi connectivity index (χ0n) is 12.3. The van der Waals surface area contributed by atoms with Crippen LogP contribution < -0.4 is 10.5 Å². The fraction of sp³-hybridized carbons (Fsp3) is 0.400. The van der Waals surface area contributed by atoms with Crippen LogP contribution in [0.4, 0.5) is 0 Å². The third kappa shape index (κ3) is 2.60. The number of nitrogens with two attached hydrogens (primary N) is 1. The van der Waals surface area contributed by atoms with Crippen LogP contribution in [0.15, 0.2) is 16.6 Å². The van der Waals surface area contributed by atoms with E-state index in [4.69, 9.17) is 10.5 Å². The Morgan fingerprint density at radius 2 is 2.05 bits per heavy atom. The zero-order valence-corrected chi connectivity index (χ0v) is 13.9. The number of benzene rings is 1. The first-order valence-corrected chi connectivity index (χ1v) is 7.36. The van der Waals surface area contributed by atoms with E-state index in [2.05, 4.69) is 47.0 Å². The number of methoxy groups -OCH3 is 1. The smallest absolute Gasteiger partial charge is 0.131 e. The standard InChI is InChI=1S/C15H20BrN3O/c1-9-7-10(2)15(20-4)11(8-9)14-13(16)12(5-6-17)18-19(14)3/h7-8H,5-6,17H2,1-4H3. The van der Waals surface area contributed by atoms with Crippen LogP contribution in [-0.2, 0) is 13.5 Å². The first kappa shape index (κ1) is 15.1. The Bertz CT molecular complexity index is 635. The number of nitrogens with zero attached hydrogens (tertiary/aromatic N) is 2. The highest BCUT2D eigenvalue weighted by Crippen LogP contribution is 2.39. The molecule has 4 nitrogen and oxygen atoms in total. The van der Waals surface area contributed by atoms with Crippen molar-refractivity contribution in [2.24, 2.45) is 12.8 Å². The van der Waals surface area contributed by atoms with E-state index in [0.29, 0.717) is 6.54 Å². The lowest BCUT2D eigenvalue weighted by Gasteiger charge is -2.13. The summed E-state index contributed by atoms with van der Waals surface area (Å²) in [5, 5.41) is 4.55. The van der Waals surface area contributed by atoms with Crippen molar-refractivity contribution in [1.82, 2.24) is 9.78 Å². The molecule has 5 heteroatoms. The van der Waals surface area contributed by atoms with Gasteiger partial charge in [-0.3, -0.25) is 4.68 Å². The molecule has 0 saturated heterocycles. The normalized spacial score (nSPS) is 10.9. The van der Waals surface area contributed by atoms with Crippen LogP contribution in [0.2, 0.25) is 0 Å². The summed E-state index contributed by atoms with van der Waals surface area (Å²) in [7, 11) is 3.64. The SMILES string of the molecule is COc1c(C)cc(C)cc1-c1c(Br)c(CCN)nn1C. The molecular formula is C15H20BrN3O. The van der Waals surface area contributed by atoms with Gasteiger partial charge in [-0.1, -0.05) is 6.07 Å². The van der Waals surface area contributed by atoms with Crippen molar-refractivity contribution in [3.05, 3.63) is 33.4 Å². The van der Waals surface area contributed by atoms with E-state index >= 15 is 0 Å². The van der Waals surface area contributed by atoms with Gasteiger partial charge in [0.05, 0.1) is 23.0 Å². The van der Waals surface area contributed by atoms with Crippen molar-refractivity contribution in [3.8, 4) is 17.0 Å². The Morgan fingerprint density at radius 1 is 1.35 bits per heavy atom. The third-order valence-corrected chi connectivity index (χ3v) is 4.15. The molecule has 1 aromatic heterocycles. The molecule has 108 valence electrons. The van der Waals surface area contributed by atoms with E-state index in [0.717, 1.165) is 39.2 Å². The minimum Gasteiger partial charge on any atom is -0.496 e. The van der Waals surface area contributed by atoms with Gasteiger partial charge in [0.1, 0.15) is 5.75 Å². The van der Waals surface area contributed by atoms with E-state index in [-0.39, 0.29) is 0 Å². The molecule has 2 rings (SSSR count). The zero-order chi connectivity index (χ0) is 14.9. The van der Waals surface area contributed by atoms with Crippen LogP contribution in [0.25, 0.3) is 11.3 Å². The average Bonchev–Trinajstić information content (AvgIpc) is 2.64. The van der Waals surface area contributed by atoms with Gasteiger partial charge in [0, 0.05) is 19.0 Å². The molecular weight excluding hydrogens is 318 g/mol. The van der Waals surface area contributed by atoms with Crippen LogP contribution in [0.1, 0.15) is 16.8 Å². The summed E-state index contributed by atoms with van der Waals surface area (Å²) in [6.07, 6.45) is 0.752. The molecule has 0 aliphatic rings. The van der Waals surface area contributed by atoms with Crippen LogP contribution in [0.5, 0.6) is 5.75 Å². The Kier molecular flexibility index (Phi) is 4.50. The molecule has 0 spiro atoms. The number of rotatable bonds is 4. The Morgan fingerprint density at radius 3 is 2.65 bits per heavy atom. The number of hydrogen-bond donors (Lipinski definition) is 1. The third-order valence-electron chi connectivity index (χ3n) is 3.31. The average molecular weight is 338 g/mol. The molecule has 2 N–H and O–H groups in total. The summed E-state index contributed by atoms with van der Waals surface area (Å²) in [5.41, 5.74) is 11.0. The van der Waals surface area contributed by atoms with E-state index in [1.54, 1.807) is 7.11 Å². The van der Waals surface area contributed by atoms with Gasteiger partial charge in [-0.15, -0.1) is 0 Å². The Labute approximate surface area is 128 Å².